The van der Waals surface area contributed by atoms with E-state index in [-0.39, 0.29) is 29.9 Å². The Bertz CT molecular complexity index is 471. The molecule has 0 atom stereocenters. The van der Waals surface area contributed by atoms with Crippen LogP contribution in [0.2, 0.25) is 0 Å². The van der Waals surface area contributed by atoms with Crippen LogP contribution < -0.4 is 5.73 Å². The Morgan fingerprint density at radius 1 is 1.44 bits per heavy atom. The molecule has 0 amide bonds. The van der Waals surface area contributed by atoms with Crippen LogP contribution in [0.3, 0.4) is 0 Å². The molecule has 102 valence electrons. The molecule has 1 heterocycles. The highest BCUT2D eigenvalue weighted by Gasteiger charge is 2.26. The molecule has 1 aromatic heterocycles. The average Bonchev–Trinajstić information content (AvgIpc) is 2.29. The van der Waals surface area contributed by atoms with Crippen LogP contribution in [0.4, 0.5) is 5.82 Å². The van der Waals surface area contributed by atoms with Gasteiger partial charge >= 0.3 is 0 Å². The van der Waals surface area contributed by atoms with Crippen LogP contribution in [0.15, 0.2) is 23.2 Å². The first-order chi connectivity index (χ1) is 8.39. The molecular formula is C11H19N3O3S. The van der Waals surface area contributed by atoms with Gasteiger partial charge in [-0.25, -0.2) is 13.4 Å². The van der Waals surface area contributed by atoms with Crippen LogP contribution >= 0.6 is 0 Å². The fraction of sp³-hybridized carbons (Fsp3) is 0.545. The molecule has 0 bridgehead atoms. The molecule has 6 nitrogen and oxygen atoms in total. The van der Waals surface area contributed by atoms with E-state index in [0.717, 1.165) is 0 Å². The van der Waals surface area contributed by atoms with E-state index >= 15 is 0 Å². The van der Waals surface area contributed by atoms with Crippen molar-refractivity contribution < 1.29 is 13.5 Å². The van der Waals surface area contributed by atoms with Gasteiger partial charge < -0.3 is 10.8 Å². The number of aliphatic hydroxyl groups excluding tert-OH is 1. The van der Waals surface area contributed by atoms with Crippen LogP contribution in [0, 0.1) is 0 Å². The number of anilines is 1. The summed E-state index contributed by atoms with van der Waals surface area (Å²) in [5, 5.41) is 8.82. The van der Waals surface area contributed by atoms with E-state index in [1.165, 1.54) is 22.6 Å². The summed E-state index contributed by atoms with van der Waals surface area (Å²) >= 11 is 0. The summed E-state index contributed by atoms with van der Waals surface area (Å²) in [6.45, 7) is 3.82. The summed E-state index contributed by atoms with van der Waals surface area (Å²) < 4.78 is 26.1. The maximum Gasteiger partial charge on any atom is 0.244 e. The quantitative estimate of drug-likeness (QED) is 0.784. The Labute approximate surface area is 107 Å². The van der Waals surface area contributed by atoms with Crippen LogP contribution in [-0.4, -0.2) is 42.0 Å². The normalized spacial score (nSPS) is 12.3. The first-order valence-corrected chi connectivity index (χ1v) is 7.18. The van der Waals surface area contributed by atoms with Crippen molar-refractivity contribution in [3.05, 3.63) is 18.3 Å². The van der Waals surface area contributed by atoms with Crippen molar-refractivity contribution in [2.24, 2.45) is 0 Å². The van der Waals surface area contributed by atoms with Gasteiger partial charge in [0, 0.05) is 25.4 Å². The molecule has 0 radical (unpaired) electrons. The molecule has 7 heteroatoms. The van der Waals surface area contributed by atoms with Crippen molar-refractivity contribution in [1.29, 1.82) is 0 Å². The van der Waals surface area contributed by atoms with Gasteiger partial charge in [0.05, 0.1) is 0 Å². The lowest BCUT2D eigenvalue weighted by atomic mass is 10.3. The lowest BCUT2D eigenvalue weighted by Crippen LogP contribution is -2.38. The monoisotopic (exact) mass is 273 g/mol. The lowest BCUT2D eigenvalue weighted by molar-refractivity contribution is 0.258. The molecule has 3 N–H and O–H groups in total. The molecule has 0 unspecified atom stereocenters. The van der Waals surface area contributed by atoms with Crippen molar-refractivity contribution in [2.45, 2.75) is 31.2 Å². The number of rotatable bonds is 6. The number of hydrogen-bond donors (Lipinski definition) is 2. The minimum Gasteiger partial charge on any atom is -0.396 e. The van der Waals surface area contributed by atoms with E-state index in [2.05, 4.69) is 4.98 Å². The Morgan fingerprint density at radius 3 is 2.56 bits per heavy atom. The van der Waals surface area contributed by atoms with Crippen LogP contribution in [0.25, 0.3) is 0 Å². The third-order valence-electron chi connectivity index (χ3n) is 2.48. The summed E-state index contributed by atoms with van der Waals surface area (Å²) in [6, 6.07) is 2.71. The molecule has 1 rings (SSSR count). The minimum absolute atomic E-state index is 0.0429. The van der Waals surface area contributed by atoms with Crippen LogP contribution in [-0.2, 0) is 10.0 Å². The van der Waals surface area contributed by atoms with E-state index in [1.807, 2.05) is 0 Å². The second-order valence-corrected chi connectivity index (χ2v) is 6.10. The van der Waals surface area contributed by atoms with Gasteiger partial charge in [-0.15, -0.1) is 0 Å². The number of aromatic nitrogens is 1. The number of sulfonamides is 1. The highest BCUT2D eigenvalue weighted by Crippen LogP contribution is 2.18. The number of nitrogen functional groups attached to an aromatic ring is 1. The standard InChI is InChI=1S/C11H19N3O3S/c1-9(2)14(6-3-7-15)18(16,17)10-4-5-11(12)13-8-10/h4-5,8-9,15H,3,6-7H2,1-2H3,(H2,12,13). The molecule has 0 aromatic carbocycles. The average molecular weight is 273 g/mol. The number of aliphatic hydroxyl groups is 1. The fourth-order valence-corrected chi connectivity index (χ4v) is 3.18. The summed E-state index contributed by atoms with van der Waals surface area (Å²) in [4.78, 5) is 3.90. The third-order valence-corrected chi connectivity index (χ3v) is 4.54. The SMILES string of the molecule is CC(C)N(CCCO)S(=O)(=O)c1ccc(N)nc1. The third kappa shape index (κ3) is 3.41. The highest BCUT2D eigenvalue weighted by molar-refractivity contribution is 7.89. The highest BCUT2D eigenvalue weighted by atomic mass is 32.2. The summed E-state index contributed by atoms with van der Waals surface area (Å²) in [5.41, 5.74) is 5.43. The van der Waals surface area contributed by atoms with Gasteiger partial charge in [-0.05, 0) is 32.4 Å². The van der Waals surface area contributed by atoms with E-state index in [9.17, 15) is 8.42 Å². The molecule has 0 saturated carbocycles. The number of nitrogens with zero attached hydrogens (tertiary/aromatic N) is 2. The second-order valence-electron chi connectivity index (χ2n) is 4.21. The maximum atomic E-state index is 12.4. The molecule has 0 aliphatic heterocycles. The largest absolute Gasteiger partial charge is 0.396 e. The molecule has 1 aromatic rings. The van der Waals surface area contributed by atoms with Gasteiger partial charge in [-0.2, -0.15) is 4.31 Å². The smallest absolute Gasteiger partial charge is 0.244 e. The summed E-state index contributed by atoms with van der Waals surface area (Å²) in [6.07, 6.45) is 1.65. The topological polar surface area (TPSA) is 96.5 Å². The molecule has 0 aliphatic rings. The van der Waals surface area contributed by atoms with Gasteiger partial charge in [-0.3, -0.25) is 0 Å². The van der Waals surface area contributed by atoms with Gasteiger partial charge in [0.25, 0.3) is 0 Å². The van der Waals surface area contributed by atoms with Crippen molar-refractivity contribution in [1.82, 2.24) is 9.29 Å². The molecule has 0 spiro atoms. The van der Waals surface area contributed by atoms with E-state index < -0.39 is 10.0 Å². The fourth-order valence-electron chi connectivity index (χ4n) is 1.56. The van der Waals surface area contributed by atoms with Crippen molar-refractivity contribution in [3.63, 3.8) is 0 Å². The summed E-state index contributed by atoms with van der Waals surface area (Å²) in [5.74, 6) is 0.278. The zero-order chi connectivity index (χ0) is 13.8. The second kappa shape index (κ2) is 6.12. The number of hydrogen-bond acceptors (Lipinski definition) is 5. The van der Waals surface area contributed by atoms with Crippen LogP contribution in [0.1, 0.15) is 20.3 Å². The van der Waals surface area contributed by atoms with E-state index in [4.69, 9.17) is 10.8 Å². The lowest BCUT2D eigenvalue weighted by Gasteiger charge is -2.25. The minimum atomic E-state index is -3.59. The first kappa shape index (κ1) is 14.9. The molecule has 0 saturated heterocycles. The molecular weight excluding hydrogens is 254 g/mol. The van der Waals surface area contributed by atoms with Gasteiger partial charge in [0.1, 0.15) is 10.7 Å². The van der Waals surface area contributed by atoms with Gasteiger partial charge in [0.15, 0.2) is 0 Å². The Balaban J connectivity index is 3.05. The molecule has 0 aliphatic carbocycles. The predicted octanol–water partition coefficient (Wildman–Crippen LogP) is 0.445. The number of nitrogens with two attached hydrogens (primary N) is 1. The Kier molecular flexibility index (Phi) is 5.06. The van der Waals surface area contributed by atoms with Gasteiger partial charge in [0.2, 0.25) is 10.0 Å². The van der Waals surface area contributed by atoms with Crippen molar-refractivity contribution >= 4 is 15.8 Å². The van der Waals surface area contributed by atoms with Crippen molar-refractivity contribution in [2.75, 3.05) is 18.9 Å². The van der Waals surface area contributed by atoms with Gasteiger partial charge in [-0.1, -0.05) is 0 Å². The zero-order valence-corrected chi connectivity index (χ0v) is 11.4. The Morgan fingerprint density at radius 2 is 2.11 bits per heavy atom. The molecule has 0 fully saturated rings. The Hall–Kier alpha value is -1.18. The van der Waals surface area contributed by atoms with E-state index in [1.54, 1.807) is 13.8 Å². The maximum absolute atomic E-state index is 12.4. The van der Waals surface area contributed by atoms with Crippen LogP contribution in [0.5, 0.6) is 0 Å². The van der Waals surface area contributed by atoms with Crippen molar-refractivity contribution in [3.8, 4) is 0 Å². The van der Waals surface area contributed by atoms with E-state index in [0.29, 0.717) is 6.42 Å². The summed E-state index contributed by atoms with van der Waals surface area (Å²) in [7, 11) is -3.59. The first-order valence-electron chi connectivity index (χ1n) is 5.74. The zero-order valence-electron chi connectivity index (χ0n) is 10.6. The molecule has 18 heavy (non-hydrogen) atoms. The predicted molar refractivity (Wildman–Crippen MR) is 69.4 cm³/mol. The number of pyridine rings is 1.